The van der Waals surface area contributed by atoms with Crippen LogP contribution in [0.5, 0.6) is 0 Å². The summed E-state index contributed by atoms with van der Waals surface area (Å²) in [7, 11) is -4.23. The van der Waals surface area contributed by atoms with Gasteiger partial charge in [0.25, 0.3) is 17.4 Å². The van der Waals surface area contributed by atoms with Crippen LogP contribution in [0.4, 0.5) is 28.9 Å². The molecular formula is C45H45F4N7O7S. The number of aromatic amines is 1. The summed E-state index contributed by atoms with van der Waals surface area (Å²) in [6.07, 6.45) is -1.27. The first-order valence-corrected chi connectivity index (χ1v) is 22.0. The van der Waals surface area contributed by atoms with Crippen molar-refractivity contribution in [2.75, 3.05) is 49.1 Å². The first-order chi connectivity index (χ1) is 30.4. The van der Waals surface area contributed by atoms with E-state index in [2.05, 4.69) is 20.8 Å². The molecule has 336 valence electrons. The van der Waals surface area contributed by atoms with Crippen molar-refractivity contribution in [2.45, 2.75) is 62.1 Å². The van der Waals surface area contributed by atoms with Crippen molar-refractivity contribution in [1.82, 2.24) is 20.0 Å². The maximum Gasteiger partial charge on any atom is 0.417 e. The van der Waals surface area contributed by atoms with E-state index < -0.39 is 56.1 Å². The minimum absolute atomic E-state index is 0.0259. The summed E-state index contributed by atoms with van der Waals surface area (Å²) in [4.78, 5) is 54.3. The lowest BCUT2D eigenvalue weighted by molar-refractivity contribution is -0.138. The summed E-state index contributed by atoms with van der Waals surface area (Å²) in [5.41, 5.74) is -3.40. The smallest absolute Gasteiger partial charge is 0.385 e. The molecule has 4 N–H and O–H groups in total. The number of aromatic nitrogens is 2. The van der Waals surface area contributed by atoms with Crippen LogP contribution in [0.15, 0.2) is 94.6 Å². The van der Waals surface area contributed by atoms with Gasteiger partial charge in [-0.1, -0.05) is 37.1 Å². The van der Waals surface area contributed by atoms with Crippen LogP contribution in [-0.2, 0) is 32.0 Å². The standard InChI is InChI=1S/C45H45F4N7O7S/c1-44(61,43(60)52-32-13-12-30(27-50)37(26-32)45(47,48)49)28-64(62,63)33-16-14-31(15-17-33)51-19-7-3-2-4-10-40(57)55-20-22-56(23-21-55)42(59)36-24-29(11-18-38(36)46)25-39-34-8-5-6-9-35(34)41(58)54-53-39/h5-6,8-9,11-18,24,26,51,61H,2-4,7,10,19-23,25,28H2,1H3,(H,52,60)(H,54,58). The Morgan fingerprint density at radius 3 is 2.22 bits per heavy atom. The van der Waals surface area contributed by atoms with Crippen LogP contribution in [0, 0.1) is 17.1 Å². The number of unbranched alkanes of at least 4 members (excludes halogenated alkanes) is 3. The zero-order valence-electron chi connectivity index (χ0n) is 34.7. The molecule has 0 bridgehead atoms. The molecule has 14 nitrogen and oxygen atoms in total. The monoisotopic (exact) mass is 903 g/mol. The molecule has 5 aromatic rings. The number of carbonyl (C=O) groups excluding carboxylic acids is 3. The van der Waals surface area contributed by atoms with Crippen molar-refractivity contribution < 1.29 is 45.5 Å². The zero-order chi connectivity index (χ0) is 46.2. The van der Waals surface area contributed by atoms with E-state index in [0.717, 1.165) is 38.3 Å². The number of nitriles is 1. The Hall–Kier alpha value is -6.65. The fourth-order valence-electron chi connectivity index (χ4n) is 7.34. The number of nitrogens with zero attached hydrogens (tertiary/aromatic N) is 4. The molecule has 64 heavy (non-hydrogen) atoms. The Labute approximate surface area is 365 Å². The fourth-order valence-corrected chi connectivity index (χ4v) is 8.93. The molecule has 3 amide bonds. The molecule has 1 aromatic heterocycles. The molecule has 1 aliphatic heterocycles. The van der Waals surface area contributed by atoms with Crippen molar-refractivity contribution >= 4 is 49.7 Å². The number of hydrogen-bond acceptors (Lipinski definition) is 10. The van der Waals surface area contributed by atoms with Crippen molar-refractivity contribution in [3.8, 4) is 6.07 Å². The molecule has 19 heteroatoms. The average Bonchev–Trinajstić information content (AvgIpc) is 3.27. The molecule has 1 unspecified atom stereocenters. The quantitative estimate of drug-likeness (QED) is 0.0666. The van der Waals surface area contributed by atoms with Crippen molar-refractivity contribution in [3.05, 3.63) is 129 Å². The minimum Gasteiger partial charge on any atom is -0.385 e. The second-order valence-corrected chi connectivity index (χ2v) is 17.7. The summed E-state index contributed by atoms with van der Waals surface area (Å²) in [5.74, 6) is -3.46. The van der Waals surface area contributed by atoms with E-state index in [4.69, 9.17) is 5.26 Å². The molecule has 1 atom stereocenters. The molecular weight excluding hydrogens is 859 g/mol. The van der Waals surface area contributed by atoms with Crippen molar-refractivity contribution in [3.63, 3.8) is 0 Å². The van der Waals surface area contributed by atoms with Gasteiger partial charge < -0.3 is 25.5 Å². The van der Waals surface area contributed by atoms with E-state index in [1.54, 1.807) is 35.2 Å². The third-order valence-electron chi connectivity index (χ3n) is 10.9. The zero-order valence-corrected chi connectivity index (χ0v) is 35.5. The number of halogens is 4. The van der Waals surface area contributed by atoms with E-state index >= 15 is 0 Å². The lowest BCUT2D eigenvalue weighted by Gasteiger charge is -2.35. The van der Waals surface area contributed by atoms with Gasteiger partial charge in [-0.15, -0.1) is 0 Å². The molecule has 0 aliphatic carbocycles. The van der Waals surface area contributed by atoms with Gasteiger partial charge in [0.1, 0.15) is 5.82 Å². The SMILES string of the molecule is CC(O)(CS(=O)(=O)c1ccc(NCCCCCCC(=O)N2CCN(C(=O)c3cc(Cc4n[nH]c(=O)c5ccccc45)ccc3F)CC2)cc1)C(=O)Nc1ccc(C#N)c(C(F)(F)F)c1. The number of amides is 3. The molecule has 0 radical (unpaired) electrons. The molecule has 0 spiro atoms. The second-order valence-electron chi connectivity index (χ2n) is 15.7. The maximum atomic E-state index is 14.9. The summed E-state index contributed by atoms with van der Waals surface area (Å²) < 4.78 is 81.1. The normalized spacial score (nSPS) is 14.1. The van der Waals surface area contributed by atoms with Crippen molar-refractivity contribution in [1.29, 1.82) is 5.26 Å². The van der Waals surface area contributed by atoms with E-state index in [1.165, 1.54) is 47.4 Å². The Kier molecular flexibility index (Phi) is 14.5. The predicted molar refractivity (Wildman–Crippen MR) is 230 cm³/mol. The number of benzene rings is 4. The van der Waals surface area contributed by atoms with E-state index in [-0.39, 0.29) is 47.1 Å². The van der Waals surface area contributed by atoms with Gasteiger partial charge in [0.2, 0.25) is 5.91 Å². The highest BCUT2D eigenvalue weighted by molar-refractivity contribution is 7.91. The Morgan fingerprint density at radius 2 is 1.53 bits per heavy atom. The predicted octanol–water partition coefficient (Wildman–Crippen LogP) is 6.05. The fraction of sp³-hybridized carbons (Fsp3) is 0.333. The second kappa shape index (κ2) is 19.8. The number of H-pyrrole nitrogens is 1. The molecule has 4 aromatic carbocycles. The third-order valence-corrected chi connectivity index (χ3v) is 12.8. The highest BCUT2D eigenvalue weighted by Crippen LogP contribution is 2.34. The van der Waals surface area contributed by atoms with Gasteiger partial charge in [-0.2, -0.15) is 23.5 Å². The molecule has 1 fully saturated rings. The first-order valence-electron chi connectivity index (χ1n) is 20.4. The number of fused-ring (bicyclic) bond motifs is 1. The van der Waals surface area contributed by atoms with Crippen LogP contribution < -0.4 is 16.2 Å². The van der Waals surface area contributed by atoms with Gasteiger partial charge in [0, 0.05) is 62.3 Å². The first kappa shape index (κ1) is 46.8. The molecule has 2 heterocycles. The van der Waals surface area contributed by atoms with Crippen LogP contribution in [0.3, 0.4) is 0 Å². The molecule has 6 rings (SSSR count). The van der Waals surface area contributed by atoms with E-state index in [0.29, 0.717) is 66.3 Å². The number of alkyl halides is 3. The number of hydrogen-bond donors (Lipinski definition) is 4. The summed E-state index contributed by atoms with van der Waals surface area (Å²) >= 11 is 0. The minimum atomic E-state index is -4.89. The van der Waals surface area contributed by atoms with Gasteiger partial charge >= 0.3 is 6.18 Å². The Morgan fingerprint density at radius 1 is 0.875 bits per heavy atom. The number of sulfone groups is 1. The lowest BCUT2D eigenvalue weighted by atomic mass is 10.0. The average molecular weight is 904 g/mol. The molecule has 1 saturated heterocycles. The van der Waals surface area contributed by atoms with Crippen LogP contribution in [-0.4, -0.2) is 95.3 Å². The summed E-state index contributed by atoms with van der Waals surface area (Å²) in [5, 5.41) is 32.8. The number of aliphatic hydroxyl groups is 1. The van der Waals surface area contributed by atoms with E-state index in [1.807, 2.05) is 0 Å². The van der Waals surface area contributed by atoms with Gasteiger partial charge in [-0.3, -0.25) is 19.2 Å². The summed E-state index contributed by atoms with van der Waals surface area (Å²) in [6.45, 7) is 2.66. The Balaban J connectivity index is 0.886. The third kappa shape index (κ3) is 11.5. The van der Waals surface area contributed by atoms with Crippen LogP contribution in [0.2, 0.25) is 0 Å². The summed E-state index contributed by atoms with van der Waals surface area (Å²) in [6, 6.07) is 20.8. The highest BCUT2D eigenvalue weighted by Gasteiger charge is 2.38. The topological polar surface area (TPSA) is 206 Å². The number of anilines is 2. The van der Waals surface area contributed by atoms with Gasteiger partial charge in [-0.05, 0) is 86.0 Å². The lowest BCUT2D eigenvalue weighted by Crippen LogP contribution is -2.50. The van der Waals surface area contributed by atoms with Crippen LogP contribution in [0.25, 0.3) is 10.8 Å². The highest BCUT2D eigenvalue weighted by atomic mass is 32.2. The van der Waals surface area contributed by atoms with Crippen LogP contribution >= 0.6 is 0 Å². The van der Waals surface area contributed by atoms with Gasteiger partial charge in [0.05, 0.1) is 44.5 Å². The largest absolute Gasteiger partial charge is 0.417 e. The maximum absolute atomic E-state index is 14.9. The number of piperazine rings is 1. The van der Waals surface area contributed by atoms with Gasteiger partial charge in [-0.25, -0.2) is 17.9 Å². The number of carbonyl (C=O) groups is 3. The van der Waals surface area contributed by atoms with Crippen LogP contribution in [0.1, 0.15) is 71.8 Å². The number of rotatable bonds is 16. The molecule has 1 aliphatic rings. The van der Waals surface area contributed by atoms with Gasteiger partial charge in [0.15, 0.2) is 15.4 Å². The van der Waals surface area contributed by atoms with E-state index in [9.17, 15) is 50.3 Å². The molecule has 0 saturated carbocycles. The number of nitrogens with one attached hydrogen (secondary N) is 3. The van der Waals surface area contributed by atoms with Crippen molar-refractivity contribution in [2.24, 2.45) is 0 Å². The Bertz CT molecular complexity index is 2750.